The Morgan fingerprint density at radius 3 is 2.22 bits per heavy atom. The first-order chi connectivity index (χ1) is 20.9. The van der Waals surface area contributed by atoms with Crippen molar-refractivity contribution in [2.24, 2.45) is 11.3 Å². The second-order valence-electron chi connectivity index (χ2n) is 17.1. The van der Waals surface area contributed by atoms with Crippen molar-refractivity contribution in [2.75, 3.05) is 73.4 Å². The molecule has 248 valence electrons. The lowest BCUT2D eigenvalue weighted by Crippen LogP contribution is -2.40. The van der Waals surface area contributed by atoms with Gasteiger partial charge in [0, 0.05) is 48.2 Å². The number of benzene rings is 1. The van der Waals surface area contributed by atoms with Crippen LogP contribution in [0.15, 0.2) is 66.4 Å². The first kappa shape index (κ1) is 35.4. The highest BCUT2D eigenvalue weighted by molar-refractivity contribution is 5.96. The number of hydrogen-bond donors (Lipinski definition) is 0. The van der Waals surface area contributed by atoms with E-state index >= 15 is 0 Å². The molecule has 2 heterocycles. The highest BCUT2D eigenvalue weighted by Gasteiger charge is 2.55. The van der Waals surface area contributed by atoms with E-state index in [0.717, 1.165) is 54.4 Å². The third-order valence-electron chi connectivity index (χ3n) is 10.5. The summed E-state index contributed by atoms with van der Waals surface area (Å²) >= 11 is 0. The number of nitrogens with zero attached hydrogens (tertiary/aromatic N) is 4. The van der Waals surface area contributed by atoms with Crippen molar-refractivity contribution in [3.8, 4) is 0 Å². The highest BCUT2D eigenvalue weighted by Crippen LogP contribution is 2.48. The molecule has 4 rings (SSSR count). The predicted molar refractivity (Wildman–Crippen MR) is 192 cm³/mol. The van der Waals surface area contributed by atoms with Gasteiger partial charge in [-0.05, 0) is 51.3 Å². The number of alkyl halides is 1. The minimum atomic E-state index is -0.656. The van der Waals surface area contributed by atoms with E-state index in [1.165, 1.54) is 28.2 Å². The van der Waals surface area contributed by atoms with Crippen LogP contribution in [0.4, 0.5) is 10.1 Å². The molecule has 45 heavy (non-hydrogen) atoms. The number of quaternary nitrogens is 2. The standard InChI is InChI=1S/C40H64FN4/c1-31-21-23-35-33(29-31)39(2,3)37(42(35)25-17-27-44(6,7)8)19-15-13-12-14-16-20-38-40(4,5)34-30-32(41)22-24-36(34)43(38)26-18-28-45(9,10)11/h12-16,19-21,23,29,32,34,36H,17-18,22,24-28,30H2,1-11H3/q+3. The van der Waals surface area contributed by atoms with Crippen LogP contribution in [0.2, 0.25) is 0 Å². The van der Waals surface area contributed by atoms with Crippen LogP contribution in [0.1, 0.15) is 70.9 Å². The zero-order valence-corrected chi connectivity index (χ0v) is 30.5. The van der Waals surface area contributed by atoms with Gasteiger partial charge in [0.05, 0.1) is 67.2 Å². The summed E-state index contributed by atoms with van der Waals surface area (Å²) in [6.07, 6.45) is 19.5. The minimum Gasteiger partial charge on any atom is -0.344 e. The molecule has 1 aromatic carbocycles. The lowest BCUT2D eigenvalue weighted by Gasteiger charge is -2.32. The van der Waals surface area contributed by atoms with Gasteiger partial charge >= 0.3 is 0 Å². The number of anilines is 1. The summed E-state index contributed by atoms with van der Waals surface area (Å²) in [5.41, 5.74) is 6.79. The van der Waals surface area contributed by atoms with Crippen molar-refractivity contribution < 1.29 is 17.9 Å². The van der Waals surface area contributed by atoms with Gasteiger partial charge in [-0.2, -0.15) is 0 Å². The smallest absolute Gasteiger partial charge is 0.182 e. The van der Waals surface area contributed by atoms with Crippen LogP contribution in [0, 0.1) is 18.3 Å². The molecule has 0 saturated heterocycles. The average molecular weight is 620 g/mol. The molecule has 4 nitrogen and oxygen atoms in total. The van der Waals surface area contributed by atoms with E-state index in [0.29, 0.717) is 24.8 Å². The fourth-order valence-corrected chi connectivity index (χ4v) is 8.02. The van der Waals surface area contributed by atoms with E-state index in [4.69, 9.17) is 0 Å². The van der Waals surface area contributed by atoms with Gasteiger partial charge in [0.15, 0.2) is 11.8 Å². The molecule has 0 bridgehead atoms. The van der Waals surface area contributed by atoms with Gasteiger partial charge in [-0.15, -0.1) is 0 Å². The zero-order valence-electron chi connectivity index (χ0n) is 30.5. The summed E-state index contributed by atoms with van der Waals surface area (Å²) in [4.78, 5) is 2.55. The normalized spacial score (nSPS) is 25.8. The van der Waals surface area contributed by atoms with Gasteiger partial charge in [-0.3, -0.25) is 0 Å². The van der Waals surface area contributed by atoms with Crippen LogP contribution in [0.25, 0.3) is 0 Å². The lowest BCUT2D eigenvalue weighted by atomic mass is 9.68. The van der Waals surface area contributed by atoms with E-state index < -0.39 is 6.17 Å². The van der Waals surface area contributed by atoms with Crippen LogP contribution in [0.3, 0.4) is 0 Å². The maximum Gasteiger partial charge on any atom is 0.182 e. The summed E-state index contributed by atoms with van der Waals surface area (Å²) in [6, 6.07) is 7.39. The van der Waals surface area contributed by atoms with Gasteiger partial charge in [0.1, 0.15) is 12.7 Å². The average Bonchev–Trinajstić information content (AvgIpc) is 3.25. The Labute approximate surface area is 275 Å². The van der Waals surface area contributed by atoms with Crippen LogP contribution in [-0.4, -0.2) is 99.9 Å². The molecule has 2 aliphatic heterocycles. The lowest BCUT2D eigenvalue weighted by molar-refractivity contribution is -0.871. The summed E-state index contributed by atoms with van der Waals surface area (Å²) in [5.74, 6) is 0.383. The van der Waals surface area contributed by atoms with E-state index in [-0.39, 0.29) is 10.8 Å². The third-order valence-corrected chi connectivity index (χ3v) is 10.5. The topological polar surface area (TPSA) is 6.25 Å². The Hall–Kier alpha value is -2.50. The Morgan fingerprint density at radius 2 is 1.53 bits per heavy atom. The molecule has 1 saturated carbocycles. The molecule has 1 aliphatic carbocycles. The fourth-order valence-electron chi connectivity index (χ4n) is 8.02. The number of halogens is 1. The molecule has 0 spiro atoms. The molecule has 0 aromatic heterocycles. The van der Waals surface area contributed by atoms with Crippen molar-refractivity contribution in [3.05, 3.63) is 77.6 Å². The number of allylic oxidation sites excluding steroid dienone is 8. The molecule has 0 radical (unpaired) electrons. The van der Waals surface area contributed by atoms with E-state index in [9.17, 15) is 4.39 Å². The summed E-state index contributed by atoms with van der Waals surface area (Å²) in [6.45, 7) is 16.0. The predicted octanol–water partition coefficient (Wildman–Crippen LogP) is 7.84. The van der Waals surface area contributed by atoms with Crippen molar-refractivity contribution in [1.29, 1.82) is 0 Å². The number of fused-ring (bicyclic) bond motifs is 2. The molecular weight excluding hydrogens is 555 g/mol. The first-order valence-corrected chi connectivity index (χ1v) is 17.4. The fraction of sp³-hybridized carbons (Fsp3) is 0.625. The second kappa shape index (κ2) is 13.7. The molecule has 5 heteroatoms. The summed E-state index contributed by atoms with van der Waals surface area (Å²) < 4.78 is 19.2. The van der Waals surface area contributed by atoms with Crippen molar-refractivity contribution >= 4 is 11.4 Å². The Morgan fingerprint density at radius 1 is 0.889 bits per heavy atom. The molecule has 3 unspecified atom stereocenters. The third kappa shape index (κ3) is 8.46. The van der Waals surface area contributed by atoms with E-state index in [1.807, 2.05) is 0 Å². The van der Waals surface area contributed by atoms with Crippen LogP contribution in [0.5, 0.6) is 0 Å². The summed E-state index contributed by atoms with van der Waals surface area (Å²) in [7, 11) is 13.6. The maximum atomic E-state index is 14.6. The Bertz CT molecular complexity index is 1340. The largest absolute Gasteiger partial charge is 0.344 e. The SMILES string of the molecule is Cc1ccc2c(c1)C(C)(C)\C(=C/C=C/C=C/C=C/C1=[N+](CCC[N+](C)(C)C)C3CCC(F)CC3C1(C)C)N2CCC[N+](C)(C)C. The molecule has 1 fully saturated rings. The molecule has 0 amide bonds. The van der Waals surface area contributed by atoms with E-state index in [2.05, 4.69) is 147 Å². The van der Waals surface area contributed by atoms with Gasteiger partial charge in [0.25, 0.3) is 0 Å². The van der Waals surface area contributed by atoms with Crippen LogP contribution < -0.4 is 4.90 Å². The summed E-state index contributed by atoms with van der Waals surface area (Å²) in [5, 5.41) is 0. The van der Waals surface area contributed by atoms with Gasteiger partial charge in [-0.25, -0.2) is 8.97 Å². The van der Waals surface area contributed by atoms with Crippen LogP contribution >= 0.6 is 0 Å². The number of aryl methyl sites for hydroxylation is 1. The monoisotopic (exact) mass is 620 g/mol. The molecular formula is C40H64FN4+3. The first-order valence-electron chi connectivity index (χ1n) is 17.4. The van der Waals surface area contributed by atoms with Crippen molar-refractivity contribution in [1.82, 2.24) is 0 Å². The second-order valence-corrected chi connectivity index (χ2v) is 17.1. The van der Waals surface area contributed by atoms with Gasteiger partial charge in [0.2, 0.25) is 0 Å². The van der Waals surface area contributed by atoms with Gasteiger partial charge < -0.3 is 13.9 Å². The zero-order chi connectivity index (χ0) is 33.2. The molecule has 0 N–H and O–H groups in total. The quantitative estimate of drug-likeness (QED) is 0.131. The van der Waals surface area contributed by atoms with Crippen molar-refractivity contribution in [3.63, 3.8) is 0 Å². The number of rotatable bonds is 12. The minimum absolute atomic E-state index is 0.0205. The Balaban J connectivity index is 1.51. The molecule has 3 aliphatic rings. The van der Waals surface area contributed by atoms with Gasteiger partial charge in [-0.1, -0.05) is 61.9 Å². The Kier molecular flexibility index (Phi) is 10.8. The highest BCUT2D eigenvalue weighted by atomic mass is 19.1. The van der Waals surface area contributed by atoms with Crippen LogP contribution in [-0.2, 0) is 5.41 Å². The molecule has 3 atom stereocenters. The number of hydrogen-bond acceptors (Lipinski definition) is 1. The van der Waals surface area contributed by atoms with Crippen molar-refractivity contribution in [2.45, 2.75) is 84.4 Å². The maximum absolute atomic E-state index is 14.6. The molecule has 1 aromatic rings. The van der Waals surface area contributed by atoms with E-state index in [1.54, 1.807) is 0 Å².